The fourth-order valence-electron chi connectivity index (χ4n) is 3.14. The van der Waals surface area contributed by atoms with Crippen molar-refractivity contribution in [2.45, 2.75) is 6.92 Å². The van der Waals surface area contributed by atoms with Crippen molar-refractivity contribution in [1.82, 2.24) is 4.90 Å². The number of anilines is 2. The Labute approximate surface area is 167 Å². The first-order valence-electron chi connectivity index (χ1n) is 8.92. The largest absolute Gasteiger partial charge is 0.395 e. The number of rotatable bonds is 6. The van der Waals surface area contributed by atoms with E-state index in [1.54, 1.807) is 31.3 Å². The monoisotopic (exact) mass is 397 g/mol. The highest BCUT2D eigenvalue weighted by Gasteiger charge is 2.41. The van der Waals surface area contributed by atoms with Gasteiger partial charge in [0.15, 0.2) is 0 Å². The van der Waals surface area contributed by atoms with Gasteiger partial charge in [0.1, 0.15) is 11.5 Å². The summed E-state index contributed by atoms with van der Waals surface area (Å²) in [6.07, 6.45) is 0. The number of halogens is 1. The van der Waals surface area contributed by atoms with Gasteiger partial charge in [-0.05, 0) is 42.0 Å². The molecule has 0 fully saturated rings. The highest BCUT2D eigenvalue weighted by Crippen LogP contribution is 2.34. The van der Waals surface area contributed by atoms with Gasteiger partial charge in [0.25, 0.3) is 11.8 Å². The minimum Gasteiger partial charge on any atom is -0.395 e. The standard InChI is InChI=1S/C21H20FN3O4/c1-13(27)23-16-7-9-17(10-8-16)25-20(28)18(14-3-5-15(22)6-4-14)19(21(25)29)24(2)11-12-26/h3-10,26H,11-12H2,1-2H3,(H,23,27). The SMILES string of the molecule is CC(=O)Nc1ccc(N2C(=O)C(c3ccc(F)cc3)=C(N(C)CCO)C2=O)cc1. The molecule has 3 amide bonds. The molecule has 0 atom stereocenters. The molecule has 0 radical (unpaired) electrons. The Morgan fingerprint density at radius 1 is 1.07 bits per heavy atom. The summed E-state index contributed by atoms with van der Waals surface area (Å²) in [7, 11) is 1.60. The molecule has 8 heteroatoms. The maximum absolute atomic E-state index is 13.3. The van der Waals surface area contributed by atoms with Crippen LogP contribution in [0.15, 0.2) is 54.2 Å². The summed E-state index contributed by atoms with van der Waals surface area (Å²) < 4.78 is 13.3. The van der Waals surface area contributed by atoms with Gasteiger partial charge in [-0.3, -0.25) is 14.4 Å². The smallest absolute Gasteiger partial charge is 0.282 e. The molecule has 0 unspecified atom stereocenters. The third-order valence-corrected chi connectivity index (χ3v) is 4.46. The van der Waals surface area contributed by atoms with Crippen molar-refractivity contribution in [2.24, 2.45) is 0 Å². The summed E-state index contributed by atoms with van der Waals surface area (Å²) in [5, 5.41) is 11.9. The Hall–Kier alpha value is -3.52. The zero-order valence-electron chi connectivity index (χ0n) is 16.0. The van der Waals surface area contributed by atoms with Crippen LogP contribution in [-0.2, 0) is 14.4 Å². The van der Waals surface area contributed by atoms with E-state index in [0.29, 0.717) is 16.9 Å². The molecule has 0 saturated heterocycles. The Kier molecular flexibility index (Phi) is 5.74. The molecular formula is C21H20FN3O4. The number of carbonyl (C=O) groups is 3. The Bertz CT molecular complexity index is 984. The predicted molar refractivity (Wildman–Crippen MR) is 106 cm³/mol. The highest BCUT2D eigenvalue weighted by molar-refractivity contribution is 6.45. The number of nitrogens with zero attached hydrogens (tertiary/aromatic N) is 2. The third-order valence-electron chi connectivity index (χ3n) is 4.46. The van der Waals surface area contributed by atoms with Crippen molar-refractivity contribution in [2.75, 3.05) is 30.4 Å². The molecule has 3 rings (SSSR count). The molecule has 1 aliphatic heterocycles. The Balaban J connectivity index is 2.03. The number of carbonyl (C=O) groups excluding carboxylic acids is 3. The second-order valence-corrected chi connectivity index (χ2v) is 6.55. The summed E-state index contributed by atoms with van der Waals surface area (Å²) in [4.78, 5) is 40.0. The van der Waals surface area contributed by atoms with E-state index in [-0.39, 0.29) is 30.3 Å². The molecule has 2 aromatic carbocycles. The molecule has 7 nitrogen and oxygen atoms in total. The molecule has 0 bridgehead atoms. The minimum atomic E-state index is -0.548. The van der Waals surface area contributed by atoms with E-state index < -0.39 is 17.6 Å². The second kappa shape index (κ2) is 8.24. The molecule has 0 aromatic heterocycles. The van der Waals surface area contributed by atoms with Crippen LogP contribution in [0.1, 0.15) is 12.5 Å². The van der Waals surface area contributed by atoms with Crippen LogP contribution in [0, 0.1) is 5.82 Å². The van der Waals surface area contributed by atoms with Crippen molar-refractivity contribution in [3.8, 4) is 0 Å². The number of imide groups is 1. The lowest BCUT2D eigenvalue weighted by Gasteiger charge is -2.20. The predicted octanol–water partition coefficient (Wildman–Crippen LogP) is 1.99. The first-order chi connectivity index (χ1) is 13.8. The number of aliphatic hydroxyl groups is 1. The minimum absolute atomic E-state index is 0.126. The van der Waals surface area contributed by atoms with Crippen LogP contribution in [0.3, 0.4) is 0 Å². The van der Waals surface area contributed by atoms with Crippen LogP contribution >= 0.6 is 0 Å². The second-order valence-electron chi connectivity index (χ2n) is 6.55. The summed E-state index contributed by atoms with van der Waals surface area (Å²) in [6, 6.07) is 11.6. The van der Waals surface area contributed by atoms with E-state index in [4.69, 9.17) is 0 Å². The number of likely N-dealkylation sites (N-methyl/N-ethyl adjacent to an activating group) is 1. The van der Waals surface area contributed by atoms with E-state index >= 15 is 0 Å². The van der Waals surface area contributed by atoms with E-state index in [9.17, 15) is 23.9 Å². The molecular weight excluding hydrogens is 377 g/mol. The summed E-state index contributed by atoms with van der Waals surface area (Å²) in [5.41, 5.74) is 1.53. The zero-order chi connectivity index (χ0) is 21.1. The normalized spacial score (nSPS) is 13.9. The summed E-state index contributed by atoms with van der Waals surface area (Å²) in [5.74, 6) is -1.78. The fourth-order valence-corrected chi connectivity index (χ4v) is 3.14. The van der Waals surface area contributed by atoms with Gasteiger partial charge < -0.3 is 15.3 Å². The van der Waals surface area contributed by atoms with Gasteiger partial charge in [0.05, 0.1) is 17.9 Å². The molecule has 2 N–H and O–H groups in total. The molecule has 150 valence electrons. The lowest BCUT2D eigenvalue weighted by Crippen LogP contribution is -2.34. The van der Waals surface area contributed by atoms with Crippen molar-refractivity contribution in [3.05, 3.63) is 65.6 Å². The van der Waals surface area contributed by atoms with Gasteiger partial charge in [-0.1, -0.05) is 12.1 Å². The first kappa shape index (κ1) is 20.2. The van der Waals surface area contributed by atoms with Gasteiger partial charge in [-0.25, -0.2) is 9.29 Å². The van der Waals surface area contributed by atoms with E-state index in [1.807, 2.05) is 0 Å². The molecule has 29 heavy (non-hydrogen) atoms. The van der Waals surface area contributed by atoms with Crippen molar-refractivity contribution in [1.29, 1.82) is 0 Å². The number of amides is 3. The lowest BCUT2D eigenvalue weighted by atomic mass is 10.0. The van der Waals surface area contributed by atoms with E-state index in [0.717, 1.165) is 4.90 Å². The molecule has 2 aromatic rings. The Morgan fingerprint density at radius 2 is 1.69 bits per heavy atom. The number of aliphatic hydroxyl groups excluding tert-OH is 1. The van der Waals surface area contributed by atoms with Crippen LogP contribution < -0.4 is 10.2 Å². The Morgan fingerprint density at radius 3 is 2.24 bits per heavy atom. The number of hydrogen-bond donors (Lipinski definition) is 2. The number of hydrogen-bond acceptors (Lipinski definition) is 5. The molecule has 1 aliphatic rings. The van der Waals surface area contributed by atoms with Crippen LogP contribution in [0.5, 0.6) is 0 Å². The molecule has 0 saturated carbocycles. The summed E-state index contributed by atoms with van der Waals surface area (Å²) >= 11 is 0. The van der Waals surface area contributed by atoms with Gasteiger partial charge in [0.2, 0.25) is 5.91 Å². The van der Waals surface area contributed by atoms with E-state index in [1.165, 1.54) is 36.1 Å². The van der Waals surface area contributed by atoms with Crippen molar-refractivity contribution < 1.29 is 23.9 Å². The van der Waals surface area contributed by atoms with Gasteiger partial charge in [0, 0.05) is 26.2 Å². The highest BCUT2D eigenvalue weighted by atomic mass is 19.1. The first-order valence-corrected chi connectivity index (χ1v) is 8.92. The van der Waals surface area contributed by atoms with Crippen LogP contribution in [-0.4, -0.2) is 47.9 Å². The van der Waals surface area contributed by atoms with Gasteiger partial charge in [-0.15, -0.1) is 0 Å². The van der Waals surface area contributed by atoms with E-state index in [2.05, 4.69) is 5.32 Å². The maximum Gasteiger partial charge on any atom is 0.282 e. The molecule has 1 heterocycles. The number of nitrogens with one attached hydrogen (secondary N) is 1. The average molecular weight is 397 g/mol. The third kappa shape index (κ3) is 4.02. The van der Waals surface area contributed by atoms with Gasteiger partial charge in [-0.2, -0.15) is 0 Å². The van der Waals surface area contributed by atoms with Crippen LogP contribution in [0.2, 0.25) is 0 Å². The average Bonchev–Trinajstić information content (AvgIpc) is 2.93. The van der Waals surface area contributed by atoms with Crippen molar-refractivity contribution in [3.63, 3.8) is 0 Å². The van der Waals surface area contributed by atoms with Crippen LogP contribution in [0.4, 0.5) is 15.8 Å². The molecule has 0 spiro atoms. The lowest BCUT2D eigenvalue weighted by molar-refractivity contribution is -0.120. The number of benzene rings is 2. The zero-order valence-corrected chi connectivity index (χ0v) is 16.0. The van der Waals surface area contributed by atoms with Gasteiger partial charge >= 0.3 is 0 Å². The van der Waals surface area contributed by atoms with Crippen molar-refractivity contribution >= 4 is 34.7 Å². The maximum atomic E-state index is 13.3. The molecule has 0 aliphatic carbocycles. The fraction of sp³-hybridized carbons (Fsp3) is 0.190. The summed E-state index contributed by atoms with van der Waals surface area (Å²) in [6.45, 7) is 1.32. The quantitative estimate of drug-likeness (QED) is 0.728. The topological polar surface area (TPSA) is 90.0 Å². The van der Waals surface area contributed by atoms with Crippen LogP contribution in [0.25, 0.3) is 5.57 Å².